The highest BCUT2D eigenvalue weighted by atomic mass is 16.6. The third-order valence-electron chi connectivity index (χ3n) is 6.22. The lowest BCUT2D eigenvalue weighted by Crippen LogP contribution is -2.55. The standard InChI is InChI=1S/C32H39N3O5/c1-21(2)35(30(38)27(20-23-13-8-7-9-14-23)34-31(39)40-32(4,5)6)28(24-16-18-25(36)19-17-24)29(37)33-26-15-11-10-12-22(26)3/h7-19,21,27-28,36H,20H2,1-6H3,(H,33,37)(H,34,39). The van der Waals surface area contributed by atoms with E-state index < -0.39 is 41.6 Å². The van der Waals surface area contributed by atoms with Gasteiger partial charge in [-0.05, 0) is 76.4 Å². The van der Waals surface area contributed by atoms with Gasteiger partial charge in [0.1, 0.15) is 23.4 Å². The second kappa shape index (κ2) is 13.2. The Balaban J connectivity index is 2.04. The number of rotatable bonds is 9. The molecular formula is C32H39N3O5. The van der Waals surface area contributed by atoms with E-state index in [1.54, 1.807) is 39.0 Å². The first-order valence-electron chi connectivity index (χ1n) is 13.4. The van der Waals surface area contributed by atoms with Crippen molar-refractivity contribution in [2.75, 3.05) is 5.32 Å². The van der Waals surface area contributed by atoms with Gasteiger partial charge in [-0.3, -0.25) is 9.59 Å². The van der Waals surface area contributed by atoms with Crippen molar-refractivity contribution in [1.29, 1.82) is 0 Å². The highest BCUT2D eigenvalue weighted by Gasteiger charge is 2.38. The van der Waals surface area contributed by atoms with Gasteiger partial charge in [-0.25, -0.2) is 4.79 Å². The van der Waals surface area contributed by atoms with Crippen LogP contribution in [0.5, 0.6) is 5.75 Å². The fraction of sp³-hybridized carbons (Fsp3) is 0.344. The van der Waals surface area contributed by atoms with E-state index in [2.05, 4.69) is 10.6 Å². The first kappa shape index (κ1) is 30.2. The smallest absolute Gasteiger partial charge is 0.408 e. The van der Waals surface area contributed by atoms with Crippen molar-refractivity contribution < 1.29 is 24.2 Å². The summed E-state index contributed by atoms with van der Waals surface area (Å²) in [6.07, 6.45) is -0.528. The van der Waals surface area contributed by atoms with Crippen LogP contribution in [0.1, 0.15) is 57.4 Å². The summed E-state index contributed by atoms with van der Waals surface area (Å²) < 4.78 is 5.47. The van der Waals surface area contributed by atoms with Crippen LogP contribution in [-0.2, 0) is 20.7 Å². The Morgan fingerprint density at radius 3 is 2.08 bits per heavy atom. The van der Waals surface area contributed by atoms with E-state index in [9.17, 15) is 19.5 Å². The fourth-order valence-corrected chi connectivity index (χ4v) is 4.37. The average molecular weight is 546 g/mol. The van der Waals surface area contributed by atoms with Crippen molar-refractivity contribution in [3.63, 3.8) is 0 Å². The number of alkyl carbamates (subject to hydrolysis) is 1. The van der Waals surface area contributed by atoms with Gasteiger partial charge in [-0.2, -0.15) is 0 Å². The van der Waals surface area contributed by atoms with Crippen molar-refractivity contribution in [2.24, 2.45) is 0 Å². The minimum atomic E-state index is -1.05. The number of nitrogens with zero attached hydrogens (tertiary/aromatic N) is 1. The van der Waals surface area contributed by atoms with Crippen LogP contribution < -0.4 is 10.6 Å². The number of benzene rings is 3. The molecule has 0 heterocycles. The first-order valence-corrected chi connectivity index (χ1v) is 13.4. The lowest BCUT2D eigenvalue weighted by molar-refractivity contribution is -0.142. The van der Waals surface area contributed by atoms with E-state index in [1.165, 1.54) is 17.0 Å². The van der Waals surface area contributed by atoms with Crippen LogP contribution in [0.3, 0.4) is 0 Å². The number of carbonyl (C=O) groups is 3. The molecule has 3 amide bonds. The molecule has 0 bridgehead atoms. The molecule has 0 aliphatic carbocycles. The molecule has 0 spiro atoms. The van der Waals surface area contributed by atoms with Crippen LogP contribution >= 0.6 is 0 Å². The highest BCUT2D eigenvalue weighted by Crippen LogP contribution is 2.29. The van der Waals surface area contributed by atoms with Gasteiger partial charge in [0, 0.05) is 18.2 Å². The van der Waals surface area contributed by atoms with Crippen LogP contribution in [0.25, 0.3) is 0 Å². The molecule has 0 fully saturated rings. The van der Waals surface area contributed by atoms with Crippen LogP contribution in [0, 0.1) is 6.92 Å². The van der Waals surface area contributed by atoms with Crippen LogP contribution in [0.2, 0.25) is 0 Å². The summed E-state index contributed by atoms with van der Waals surface area (Å²) in [5, 5.41) is 15.6. The topological polar surface area (TPSA) is 108 Å². The number of phenolic OH excluding ortho intramolecular Hbond substituents is 1. The molecule has 0 aliphatic heterocycles. The predicted octanol–water partition coefficient (Wildman–Crippen LogP) is 5.75. The van der Waals surface area contributed by atoms with Crippen molar-refractivity contribution in [3.05, 3.63) is 95.6 Å². The highest BCUT2D eigenvalue weighted by molar-refractivity contribution is 5.99. The Bertz CT molecular complexity index is 1300. The van der Waals surface area contributed by atoms with Gasteiger partial charge in [-0.15, -0.1) is 0 Å². The number of hydrogen-bond acceptors (Lipinski definition) is 5. The molecule has 0 saturated carbocycles. The number of amides is 3. The molecule has 2 unspecified atom stereocenters. The Hall–Kier alpha value is -4.33. The molecule has 3 rings (SSSR count). The second-order valence-electron chi connectivity index (χ2n) is 11.0. The molecule has 0 aliphatic rings. The molecule has 0 saturated heterocycles. The van der Waals surface area contributed by atoms with Crippen LogP contribution in [-0.4, -0.2) is 45.6 Å². The van der Waals surface area contributed by atoms with E-state index in [-0.39, 0.29) is 12.2 Å². The number of anilines is 1. The lowest BCUT2D eigenvalue weighted by Gasteiger charge is -2.37. The summed E-state index contributed by atoms with van der Waals surface area (Å²) in [7, 11) is 0. The summed E-state index contributed by atoms with van der Waals surface area (Å²) in [6.45, 7) is 10.8. The largest absolute Gasteiger partial charge is 0.508 e. The zero-order valence-corrected chi connectivity index (χ0v) is 24.0. The normalized spacial score (nSPS) is 12.8. The van der Waals surface area contributed by atoms with Crippen molar-refractivity contribution >= 4 is 23.6 Å². The molecule has 3 aromatic carbocycles. The number of nitrogens with one attached hydrogen (secondary N) is 2. The molecule has 3 N–H and O–H groups in total. The third kappa shape index (κ3) is 8.33. The van der Waals surface area contributed by atoms with Gasteiger partial charge in [0.25, 0.3) is 5.91 Å². The van der Waals surface area contributed by atoms with Gasteiger partial charge in [0.15, 0.2) is 0 Å². The Morgan fingerprint density at radius 2 is 1.50 bits per heavy atom. The van der Waals surface area contributed by atoms with Gasteiger partial charge < -0.3 is 25.4 Å². The first-order chi connectivity index (χ1) is 18.9. The molecule has 0 radical (unpaired) electrons. The minimum Gasteiger partial charge on any atom is -0.508 e. The number of aryl methyl sites for hydroxylation is 1. The molecule has 0 aromatic heterocycles. The van der Waals surface area contributed by atoms with E-state index in [0.29, 0.717) is 11.3 Å². The monoisotopic (exact) mass is 545 g/mol. The number of carbonyl (C=O) groups excluding carboxylic acids is 3. The Morgan fingerprint density at radius 1 is 0.900 bits per heavy atom. The van der Waals surface area contributed by atoms with Crippen molar-refractivity contribution in [1.82, 2.24) is 10.2 Å². The number of phenols is 1. The van der Waals surface area contributed by atoms with Gasteiger partial charge >= 0.3 is 6.09 Å². The molecule has 3 aromatic rings. The summed E-state index contributed by atoms with van der Waals surface area (Å²) in [6, 6.07) is 20.4. The third-order valence-corrected chi connectivity index (χ3v) is 6.22. The quantitative estimate of drug-likeness (QED) is 0.317. The number of hydrogen-bond donors (Lipinski definition) is 3. The summed E-state index contributed by atoms with van der Waals surface area (Å²) in [4.78, 5) is 42.5. The van der Waals surface area contributed by atoms with Gasteiger partial charge in [0.2, 0.25) is 5.91 Å². The second-order valence-corrected chi connectivity index (χ2v) is 11.0. The zero-order chi connectivity index (χ0) is 29.4. The SMILES string of the molecule is Cc1ccccc1NC(=O)C(c1ccc(O)cc1)N(C(=O)C(Cc1ccccc1)NC(=O)OC(C)(C)C)C(C)C. The predicted molar refractivity (Wildman–Crippen MR) is 156 cm³/mol. The Kier molecular flexibility index (Phi) is 9.93. The maximum Gasteiger partial charge on any atom is 0.408 e. The van der Waals surface area contributed by atoms with Gasteiger partial charge in [0.05, 0.1) is 0 Å². The summed E-state index contributed by atoms with van der Waals surface area (Å²) >= 11 is 0. The van der Waals surface area contributed by atoms with E-state index in [1.807, 2.05) is 69.3 Å². The molecule has 8 nitrogen and oxygen atoms in total. The Labute approximate surface area is 236 Å². The van der Waals surface area contributed by atoms with Crippen molar-refractivity contribution in [2.45, 2.75) is 71.7 Å². The van der Waals surface area contributed by atoms with E-state index >= 15 is 0 Å². The molecular weight excluding hydrogens is 506 g/mol. The van der Waals surface area contributed by atoms with E-state index in [4.69, 9.17) is 4.74 Å². The summed E-state index contributed by atoms with van der Waals surface area (Å²) in [5.41, 5.74) is 2.09. The minimum absolute atomic E-state index is 0.0396. The summed E-state index contributed by atoms with van der Waals surface area (Å²) in [5.74, 6) is -0.821. The average Bonchev–Trinajstić information content (AvgIpc) is 2.87. The molecule has 2 atom stereocenters. The maximum atomic E-state index is 14.3. The maximum absolute atomic E-state index is 14.3. The number of para-hydroxylation sites is 1. The van der Waals surface area contributed by atoms with E-state index in [0.717, 1.165) is 11.1 Å². The number of aromatic hydroxyl groups is 1. The van der Waals surface area contributed by atoms with Gasteiger partial charge in [-0.1, -0.05) is 60.7 Å². The van der Waals surface area contributed by atoms with Crippen LogP contribution in [0.4, 0.5) is 10.5 Å². The molecule has 8 heteroatoms. The van der Waals surface area contributed by atoms with Crippen molar-refractivity contribution in [3.8, 4) is 5.75 Å². The lowest BCUT2D eigenvalue weighted by atomic mass is 9.98. The van der Waals surface area contributed by atoms with Crippen LogP contribution in [0.15, 0.2) is 78.9 Å². The molecule has 212 valence electrons. The molecule has 40 heavy (non-hydrogen) atoms. The zero-order valence-electron chi connectivity index (χ0n) is 24.0. The number of ether oxygens (including phenoxy) is 1. The fourth-order valence-electron chi connectivity index (χ4n) is 4.37.